The van der Waals surface area contributed by atoms with Crippen LogP contribution in [-0.2, 0) is 10.0 Å². The number of ether oxygens (including phenoxy) is 1. The molecule has 1 aliphatic rings. The summed E-state index contributed by atoms with van der Waals surface area (Å²) in [5.74, 6) is 0.715. The van der Waals surface area contributed by atoms with E-state index in [9.17, 15) is 8.42 Å². The van der Waals surface area contributed by atoms with Crippen LogP contribution in [-0.4, -0.2) is 39.6 Å². The van der Waals surface area contributed by atoms with Gasteiger partial charge in [0, 0.05) is 19.6 Å². The molecular formula is C22H27N3O3S2. The van der Waals surface area contributed by atoms with Gasteiger partial charge >= 0.3 is 0 Å². The normalized spacial score (nSPS) is 15.6. The number of aromatic nitrogens is 1. The van der Waals surface area contributed by atoms with Gasteiger partial charge in [-0.25, -0.2) is 18.1 Å². The molecule has 6 nitrogen and oxygen atoms in total. The van der Waals surface area contributed by atoms with E-state index in [0.29, 0.717) is 24.8 Å². The van der Waals surface area contributed by atoms with E-state index >= 15 is 0 Å². The molecule has 0 unspecified atom stereocenters. The average molecular weight is 446 g/mol. The molecule has 0 spiro atoms. The number of sulfonamides is 1. The maximum Gasteiger partial charge on any atom is 0.244 e. The number of nitrogens with one attached hydrogen (secondary N) is 1. The monoisotopic (exact) mass is 445 g/mol. The number of benzene rings is 2. The fourth-order valence-electron chi connectivity index (χ4n) is 3.73. The second kappa shape index (κ2) is 8.91. The summed E-state index contributed by atoms with van der Waals surface area (Å²) in [5.41, 5.74) is 1.93. The summed E-state index contributed by atoms with van der Waals surface area (Å²) in [6.07, 6.45) is 1.87. The summed E-state index contributed by atoms with van der Waals surface area (Å²) in [5, 5.41) is 1.05. The van der Waals surface area contributed by atoms with E-state index in [-0.39, 0.29) is 4.90 Å². The lowest BCUT2D eigenvalue weighted by atomic mass is 9.97. The van der Waals surface area contributed by atoms with Gasteiger partial charge in [-0.1, -0.05) is 29.5 Å². The van der Waals surface area contributed by atoms with Crippen molar-refractivity contribution in [2.75, 3.05) is 31.1 Å². The lowest BCUT2D eigenvalue weighted by Gasteiger charge is -2.31. The average Bonchev–Trinajstić information content (AvgIpc) is 3.18. The smallest absolute Gasteiger partial charge is 0.244 e. The first kappa shape index (κ1) is 21.1. The summed E-state index contributed by atoms with van der Waals surface area (Å²) in [4.78, 5) is 7.27. The summed E-state index contributed by atoms with van der Waals surface area (Å²) in [7, 11) is -3.62. The van der Waals surface area contributed by atoms with Crippen molar-refractivity contribution in [3.05, 3.63) is 48.0 Å². The van der Waals surface area contributed by atoms with Crippen LogP contribution in [0.5, 0.6) is 5.75 Å². The van der Waals surface area contributed by atoms with Crippen LogP contribution in [0.3, 0.4) is 0 Å². The highest BCUT2D eigenvalue weighted by molar-refractivity contribution is 7.89. The molecule has 1 aromatic heterocycles. The van der Waals surface area contributed by atoms with Gasteiger partial charge in [-0.3, -0.25) is 0 Å². The molecule has 1 saturated heterocycles. The van der Waals surface area contributed by atoms with Gasteiger partial charge in [0.05, 0.1) is 16.8 Å². The molecule has 30 heavy (non-hydrogen) atoms. The van der Waals surface area contributed by atoms with Crippen molar-refractivity contribution in [3.8, 4) is 5.75 Å². The molecular weight excluding hydrogens is 418 g/mol. The number of rotatable bonds is 7. The Hall–Kier alpha value is -2.16. The third-order valence-electron chi connectivity index (χ3n) is 5.42. The number of para-hydroxylation sites is 1. The molecule has 4 rings (SSSR count). The maximum absolute atomic E-state index is 12.9. The predicted octanol–water partition coefficient (Wildman–Crippen LogP) is 4.20. The lowest BCUT2D eigenvalue weighted by molar-refractivity contribution is 0.330. The molecule has 1 fully saturated rings. The second-order valence-electron chi connectivity index (χ2n) is 7.63. The quantitative estimate of drug-likeness (QED) is 0.590. The van der Waals surface area contributed by atoms with Gasteiger partial charge in [0.1, 0.15) is 10.6 Å². The van der Waals surface area contributed by atoms with Gasteiger partial charge in [-0.2, -0.15) is 0 Å². The Morgan fingerprint density at radius 3 is 2.70 bits per heavy atom. The van der Waals surface area contributed by atoms with Crippen LogP contribution in [0.15, 0.2) is 47.4 Å². The van der Waals surface area contributed by atoms with Gasteiger partial charge in [-0.15, -0.1) is 0 Å². The molecule has 1 N–H and O–H groups in total. The van der Waals surface area contributed by atoms with Crippen LogP contribution in [0.25, 0.3) is 10.2 Å². The molecule has 0 amide bonds. The largest absolute Gasteiger partial charge is 0.492 e. The molecule has 3 aromatic rings. The van der Waals surface area contributed by atoms with Gasteiger partial charge in [0.15, 0.2) is 5.13 Å². The number of hydrogen-bond acceptors (Lipinski definition) is 6. The molecule has 0 radical (unpaired) electrons. The number of piperidine rings is 1. The number of hydrogen-bond donors (Lipinski definition) is 1. The highest BCUT2D eigenvalue weighted by atomic mass is 32.2. The second-order valence-corrected chi connectivity index (χ2v) is 10.4. The van der Waals surface area contributed by atoms with E-state index in [1.54, 1.807) is 23.5 Å². The van der Waals surface area contributed by atoms with E-state index in [0.717, 1.165) is 42.1 Å². The first-order chi connectivity index (χ1) is 14.5. The van der Waals surface area contributed by atoms with Crippen LogP contribution >= 0.6 is 11.3 Å². The number of fused-ring (bicyclic) bond motifs is 1. The van der Waals surface area contributed by atoms with Crippen LogP contribution in [0.1, 0.15) is 25.3 Å². The molecule has 1 aliphatic heterocycles. The van der Waals surface area contributed by atoms with Crippen molar-refractivity contribution < 1.29 is 13.2 Å². The molecule has 160 valence electrons. The Bertz CT molecular complexity index is 1090. The van der Waals surface area contributed by atoms with E-state index < -0.39 is 10.0 Å². The number of aryl methyl sites for hydroxylation is 1. The predicted molar refractivity (Wildman–Crippen MR) is 122 cm³/mol. The van der Waals surface area contributed by atoms with Crippen molar-refractivity contribution in [1.29, 1.82) is 0 Å². The third kappa shape index (κ3) is 4.61. The lowest BCUT2D eigenvalue weighted by Crippen LogP contribution is -2.38. The molecule has 2 heterocycles. The van der Waals surface area contributed by atoms with Gasteiger partial charge in [0.25, 0.3) is 0 Å². The summed E-state index contributed by atoms with van der Waals surface area (Å²) in [6, 6.07) is 13.4. The van der Waals surface area contributed by atoms with E-state index in [1.165, 1.54) is 4.70 Å². The number of anilines is 1. The van der Waals surface area contributed by atoms with E-state index in [1.807, 2.05) is 38.1 Å². The maximum atomic E-state index is 12.9. The SMILES string of the molecule is CCOc1ccc(C)cc1S(=O)(=O)NCC1CCN(c2nc3ccccc3s2)CC1. The van der Waals surface area contributed by atoms with Gasteiger partial charge in [0.2, 0.25) is 10.0 Å². The van der Waals surface area contributed by atoms with Crippen LogP contribution in [0.2, 0.25) is 0 Å². The fraction of sp³-hybridized carbons (Fsp3) is 0.409. The Morgan fingerprint density at radius 2 is 1.97 bits per heavy atom. The highest BCUT2D eigenvalue weighted by Crippen LogP contribution is 2.31. The van der Waals surface area contributed by atoms with Crippen LogP contribution in [0.4, 0.5) is 5.13 Å². The zero-order chi connectivity index (χ0) is 21.1. The van der Waals surface area contributed by atoms with Crippen LogP contribution < -0.4 is 14.4 Å². The number of thiazole rings is 1. The highest BCUT2D eigenvalue weighted by Gasteiger charge is 2.25. The van der Waals surface area contributed by atoms with Crippen molar-refractivity contribution in [1.82, 2.24) is 9.71 Å². The van der Waals surface area contributed by atoms with Crippen LogP contribution in [0, 0.1) is 12.8 Å². The first-order valence-electron chi connectivity index (χ1n) is 10.3. The van der Waals surface area contributed by atoms with Gasteiger partial charge in [-0.05, 0) is 62.4 Å². The summed E-state index contributed by atoms with van der Waals surface area (Å²) >= 11 is 1.72. The number of nitrogens with zero attached hydrogens (tertiary/aromatic N) is 2. The third-order valence-corrected chi connectivity index (χ3v) is 7.96. The van der Waals surface area contributed by atoms with Crippen molar-refractivity contribution >= 4 is 36.7 Å². The summed E-state index contributed by atoms with van der Waals surface area (Å²) in [6.45, 7) is 6.38. The van der Waals surface area contributed by atoms with Crippen molar-refractivity contribution in [3.63, 3.8) is 0 Å². The zero-order valence-corrected chi connectivity index (χ0v) is 18.9. The minimum Gasteiger partial charge on any atom is -0.492 e. The first-order valence-corrected chi connectivity index (χ1v) is 12.6. The van der Waals surface area contributed by atoms with Crippen molar-refractivity contribution in [2.24, 2.45) is 5.92 Å². The van der Waals surface area contributed by atoms with Gasteiger partial charge < -0.3 is 9.64 Å². The van der Waals surface area contributed by atoms with E-state index in [4.69, 9.17) is 9.72 Å². The molecule has 0 bridgehead atoms. The summed E-state index contributed by atoms with van der Waals surface area (Å²) < 4.78 is 35.3. The molecule has 2 aromatic carbocycles. The molecule has 0 atom stereocenters. The van der Waals surface area contributed by atoms with Crippen molar-refractivity contribution in [2.45, 2.75) is 31.6 Å². The minimum atomic E-state index is -3.62. The Balaban J connectivity index is 1.37. The zero-order valence-electron chi connectivity index (χ0n) is 17.3. The Kier molecular flexibility index (Phi) is 6.26. The topological polar surface area (TPSA) is 71.5 Å². The Morgan fingerprint density at radius 1 is 1.20 bits per heavy atom. The fourth-order valence-corrected chi connectivity index (χ4v) is 6.09. The van der Waals surface area contributed by atoms with E-state index in [2.05, 4.69) is 15.7 Å². The standard InChI is InChI=1S/C22H27N3O3S2/c1-3-28-19-9-8-16(2)14-21(19)30(26,27)23-15-17-10-12-25(13-11-17)22-24-18-6-4-5-7-20(18)29-22/h4-9,14,17,23H,3,10-13,15H2,1-2H3. The Labute approximate surface area is 181 Å². The molecule has 0 saturated carbocycles. The minimum absolute atomic E-state index is 0.219. The molecule has 0 aliphatic carbocycles. The molecule has 8 heteroatoms.